The zero-order valence-corrected chi connectivity index (χ0v) is 8.58. The maximum absolute atomic E-state index is 10.5. The molecule has 12 heavy (non-hydrogen) atoms. The lowest BCUT2D eigenvalue weighted by Gasteiger charge is -2.10. The second-order valence-corrected chi connectivity index (χ2v) is 3.78. The van der Waals surface area contributed by atoms with Crippen LogP contribution in [-0.2, 0) is 9.59 Å². The van der Waals surface area contributed by atoms with Crippen molar-refractivity contribution in [3.63, 3.8) is 0 Å². The molecular weight excluding hydrogens is 172 g/mol. The molecule has 0 aromatic carbocycles. The summed E-state index contributed by atoms with van der Waals surface area (Å²) in [6.07, 6.45) is 0.527. The summed E-state index contributed by atoms with van der Waals surface area (Å²) in [6.45, 7) is 1.86. The molecule has 0 radical (unpaired) electrons. The fourth-order valence-corrected chi connectivity index (χ4v) is 1.23. The van der Waals surface area contributed by atoms with Crippen LogP contribution in [0.15, 0.2) is 0 Å². The Morgan fingerprint density at radius 2 is 1.83 bits per heavy atom. The SMILES string of the molecule is CC(CC(N)=O)C(=[SiH2])CC(N)=O. The van der Waals surface area contributed by atoms with Gasteiger partial charge < -0.3 is 11.5 Å². The van der Waals surface area contributed by atoms with Crippen molar-refractivity contribution in [1.82, 2.24) is 0 Å². The Hall–Kier alpha value is -0.973. The fraction of sp³-hybridized carbons (Fsp3) is 0.571. The highest BCUT2D eigenvalue weighted by Crippen LogP contribution is 2.04. The second-order valence-electron chi connectivity index (χ2n) is 2.87. The van der Waals surface area contributed by atoms with Gasteiger partial charge in [0, 0.05) is 12.8 Å². The topological polar surface area (TPSA) is 86.2 Å². The van der Waals surface area contributed by atoms with E-state index >= 15 is 0 Å². The summed E-state index contributed by atoms with van der Waals surface area (Å²) in [6, 6.07) is 0. The average Bonchev–Trinajstić information content (AvgIpc) is 1.84. The summed E-state index contributed by atoms with van der Waals surface area (Å²) >= 11 is 0. The van der Waals surface area contributed by atoms with Gasteiger partial charge in [-0.3, -0.25) is 9.59 Å². The predicted octanol–water partition coefficient (Wildman–Crippen LogP) is -1.82. The Morgan fingerprint density at radius 1 is 1.33 bits per heavy atom. The molecule has 4 nitrogen and oxygen atoms in total. The molecule has 0 saturated carbocycles. The number of amides is 2. The summed E-state index contributed by atoms with van der Waals surface area (Å²) in [5.41, 5.74) is 9.99. The lowest BCUT2D eigenvalue weighted by molar-refractivity contribution is -0.119. The van der Waals surface area contributed by atoms with Gasteiger partial charge in [-0.25, -0.2) is 0 Å². The van der Waals surface area contributed by atoms with Crippen LogP contribution in [0.5, 0.6) is 0 Å². The smallest absolute Gasteiger partial charge is 0.221 e. The molecule has 0 bridgehead atoms. The number of rotatable bonds is 5. The number of nitrogens with two attached hydrogens (primary N) is 2. The van der Waals surface area contributed by atoms with Gasteiger partial charge in [-0.2, -0.15) is 0 Å². The highest BCUT2D eigenvalue weighted by molar-refractivity contribution is 6.41. The van der Waals surface area contributed by atoms with Crippen LogP contribution in [0, 0.1) is 5.92 Å². The van der Waals surface area contributed by atoms with Crippen molar-refractivity contribution in [3.05, 3.63) is 0 Å². The van der Waals surface area contributed by atoms with Crippen LogP contribution in [-0.4, -0.2) is 26.8 Å². The Bertz CT molecular complexity index is 215. The molecule has 2 amide bonds. The number of hydrogen-bond acceptors (Lipinski definition) is 2. The summed E-state index contributed by atoms with van der Waals surface area (Å²) < 4.78 is 0. The fourth-order valence-electron chi connectivity index (χ4n) is 0.844. The normalized spacial score (nSPS) is 12.1. The van der Waals surface area contributed by atoms with Gasteiger partial charge in [-0.15, -0.1) is 0 Å². The Kier molecular flexibility index (Phi) is 4.42. The Labute approximate surface area is 74.3 Å². The van der Waals surface area contributed by atoms with Gasteiger partial charge in [-0.1, -0.05) is 12.1 Å². The van der Waals surface area contributed by atoms with Gasteiger partial charge in [0.25, 0.3) is 0 Å². The average molecular weight is 186 g/mol. The quantitative estimate of drug-likeness (QED) is 0.495. The molecule has 1 unspecified atom stereocenters. The molecule has 0 fully saturated rings. The molecule has 5 heteroatoms. The lowest BCUT2D eigenvalue weighted by Crippen LogP contribution is -2.25. The summed E-state index contributed by atoms with van der Waals surface area (Å²) in [7, 11) is 1.60. The monoisotopic (exact) mass is 186 g/mol. The molecule has 0 aromatic heterocycles. The summed E-state index contributed by atoms with van der Waals surface area (Å²) in [5, 5.41) is 0.932. The van der Waals surface area contributed by atoms with E-state index in [2.05, 4.69) is 0 Å². The van der Waals surface area contributed by atoms with E-state index in [1.54, 1.807) is 9.85 Å². The van der Waals surface area contributed by atoms with Crippen molar-refractivity contribution in [2.24, 2.45) is 17.4 Å². The van der Waals surface area contributed by atoms with E-state index in [0.29, 0.717) is 0 Å². The van der Waals surface area contributed by atoms with Gasteiger partial charge in [0.1, 0.15) is 0 Å². The van der Waals surface area contributed by atoms with Gasteiger partial charge in [0.2, 0.25) is 11.8 Å². The van der Waals surface area contributed by atoms with Crippen LogP contribution in [0.4, 0.5) is 0 Å². The molecule has 0 saturated heterocycles. The van der Waals surface area contributed by atoms with Crippen LogP contribution < -0.4 is 11.5 Å². The van der Waals surface area contributed by atoms with Crippen molar-refractivity contribution in [3.8, 4) is 0 Å². The van der Waals surface area contributed by atoms with Crippen LogP contribution in [0.2, 0.25) is 0 Å². The highest BCUT2D eigenvalue weighted by atomic mass is 28.1. The largest absolute Gasteiger partial charge is 0.370 e. The highest BCUT2D eigenvalue weighted by Gasteiger charge is 2.10. The predicted molar refractivity (Wildman–Crippen MR) is 50.3 cm³/mol. The van der Waals surface area contributed by atoms with E-state index in [0.717, 1.165) is 5.17 Å². The van der Waals surface area contributed by atoms with E-state index in [4.69, 9.17) is 11.5 Å². The first-order chi connectivity index (χ1) is 5.43. The molecule has 0 aliphatic carbocycles. The van der Waals surface area contributed by atoms with Crippen LogP contribution >= 0.6 is 0 Å². The number of hydrogen-bond donors (Lipinski definition) is 2. The van der Waals surface area contributed by atoms with Crippen LogP contribution in [0.1, 0.15) is 19.8 Å². The number of primary amides is 2. The standard InChI is InChI=1S/C7H14N2O2Si/c1-4(2-6(8)10)5(12)3-7(9)11/h4H,2-3,12H2,1H3,(H2,8,10)(H2,9,11). The van der Waals surface area contributed by atoms with Crippen LogP contribution in [0.25, 0.3) is 0 Å². The molecule has 68 valence electrons. The van der Waals surface area contributed by atoms with Gasteiger partial charge in [0.05, 0.1) is 0 Å². The minimum absolute atomic E-state index is 0.0494. The van der Waals surface area contributed by atoms with Crippen molar-refractivity contribution >= 4 is 26.8 Å². The molecule has 0 aromatic rings. The number of carbonyl (C=O) groups excluding carboxylic acids is 2. The maximum atomic E-state index is 10.5. The van der Waals surface area contributed by atoms with Crippen molar-refractivity contribution < 1.29 is 9.59 Å². The minimum Gasteiger partial charge on any atom is -0.370 e. The first-order valence-corrected chi connectivity index (χ1v) is 4.38. The molecule has 1 atom stereocenters. The van der Waals surface area contributed by atoms with Crippen molar-refractivity contribution in [1.29, 1.82) is 0 Å². The molecule has 0 rings (SSSR count). The van der Waals surface area contributed by atoms with Crippen LogP contribution in [0.3, 0.4) is 0 Å². The van der Waals surface area contributed by atoms with Gasteiger partial charge in [0.15, 0.2) is 0 Å². The third-order valence-electron chi connectivity index (χ3n) is 1.61. The van der Waals surface area contributed by atoms with Gasteiger partial charge >= 0.3 is 0 Å². The zero-order valence-electron chi connectivity index (χ0n) is 7.17. The molecule has 0 aliphatic heterocycles. The maximum Gasteiger partial charge on any atom is 0.221 e. The van der Waals surface area contributed by atoms with E-state index in [1.165, 1.54) is 0 Å². The third-order valence-corrected chi connectivity index (χ3v) is 2.55. The Morgan fingerprint density at radius 3 is 2.17 bits per heavy atom. The van der Waals surface area contributed by atoms with E-state index < -0.39 is 0 Å². The molecule has 0 spiro atoms. The van der Waals surface area contributed by atoms with Crippen molar-refractivity contribution in [2.45, 2.75) is 19.8 Å². The van der Waals surface area contributed by atoms with E-state index in [-0.39, 0.29) is 30.6 Å². The van der Waals surface area contributed by atoms with E-state index in [9.17, 15) is 9.59 Å². The molecule has 4 N–H and O–H groups in total. The second kappa shape index (κ2) is 4.81. The molecular formula is C7H14N2O2Si. The molecule has 0 aliphatic rings. The van der Waals surface area contributed by atoms with Crippen molar-refractivity contribution in [2.75, 3.05) is 0 Å². The third kappa shape index (κ3) is 4.78. The van der Waals surface area contributed by atoms with Gasteiger partial charge in [-0.05, 0) is 15.8 Å². The zero-order chi connectivity index (χ0) is 9.72. The van der Waals surface area contributed by atoms with E-state index in [1.807, 2.05) is 6.92 Å². The minimum atomic E-state index is -0.365. The molecule has 0 heterocycles. The first kappa shape index (κ1) is 11.0. The summed E-state index contributed by atoms with van der Waals surface area (Å²) in [4.78, 5) is 21.0. The summed E-state index contributed by atoms with van der Waals surface area (Å²) in [5.74, 6) is -0.666. The Balaban J connectivity index is 3.93. The number of carbonyl (C=O) groups is 2. The first-order valence-electron chi connectivity index (χ1n) is 3.67. The lowest BCUT2D eigenvalue weighted by atomic mass is 10.0.